The molecule has 1 aliphatic rings. The molecule has 1 amide bonds. The van der Waals surface area contributed by atoms with Crippen LogP contribution in [0, 0.1) is 13.8 Å². The van der Waals surface area contributed by atoms with Gasteiger partial charge in [-0.15, -0.1) is 0 Å². The third-order valence-corrected chi connectivity index (χ3v) is 5.84. The molecular formula is C23H23ClN2O3. The topological polar surface area (TPSA) is 53.8 Å². The molecule has 0 bridgehead atoms. The van der Waals surface area contributed by atoms with E-state index in [0.29, 0.717) is 34.6 Å². The summed E-state index contributed by atoms with van der Waals surface area (Å²) in [6, 6.07) is 10.8. The first kappa shape index (κ1) is 19.7. The van der Waals surface area contributed by atoms with Crippen molar-refractivity contribution in [3.8, 4) is 0 Å². The van der Waals surface area contributed by atoms with Gasteiger partial charge in [0.2, 0.25) is 5.76 Å². The fourth-order valence-electron chi connectivity index (χ4n) is 3.77. The van der Waals surface area contributed by atoms with Gasteiger partial charge in [-0.3, -0.25) is 9.59 Å². The Kier molecular flexibility index (Phi) is 4.97. The highest BCUT2D eigenvalue weighted by molar-refractivity contribution is 6.32. The lowest BCUT2D eigenvalue weighted by Crippen LogP contribution is -2.35. The highest BCUT2D eigenvalue weighted by atomic mass is 35.5. The van der Waals surface area contributed by atoms with E-state index in [1.54, 1.807) is 17.0 Å². The van der Waals surface area contributed by atoms with Gasteiger partial charge in [0.25, 0.3) is 5.91 Å². The number of fused-ring (bicyclic) bond motifs is 2. The second kappa shape index (κ2) is 7.32. The molecule has 0 saturated carbocycles. The van der Waals surface area contributed by atoms with E-state index in [4.69, 9.17) is 16.0 Å². The number of rotatable bonds is 4. The lowest BCUT2D eigenvalue weighted by atomic mass is 9.97. The van der Waals surface area contributed by atoms with Gasteiger partial charge in [-0.1, -0.05) is 41.4 Å². The maximum atomic E-state index is 13.5. The van der Waals surface area contributed by atoms with Crippen LogP contribution in [-0.4, -0.2) is 42.9 Å². The Morgan fingerprint density at radius 3 is 2.45 bits per heavy atom. The molecule has 0 fully saturated rings. The number of nitrogens with zero attached hydrogens (tertiary/aromatic N) is 2. The summed E-state index contributed by atoms with van der Waals surface area (Å²) in [5, 5.41) is 0.907. The van der Waals surface area contributed by atoms with Crippen molar-refractivity contribution in [1.82, 2.24) is 9.80 Å². The van der Waals surface area contributed by atoms with Crippen LogP contribution in [-0.2, 0) is 0 Å². The molecule has 1 atom stereocenters. The van der Waals surface area contributed by atoms with E-state index in [1.165, 1.54) is 0 Å². The van der Waals surface area contributed by atoms with Gasteiger partial charge in [0.15, 0.2) is 5.43 Å². The largest absolute Gasteiger partial charge is 0.450 e. The molecule has 2 heterocycles. The van der Waals surface area contributed by atoms with Crippen molar-refractivity contribution in [2.75, 3.05) is 27.2 Å². The Balaban J connectivity index is 1.96. The molecule has 150 valence electrons. The summed E-state index contributed by atoms with van der Waals surface area (Å²) in [7, 11) is 3.91. The van der Waals surface area contributed by atoms with Gasteiger partial charge < -0.3 is 14.2 Å². The van der Waals surface area contributed by atoms with Crippen LogP contribution in [0.1, 0.15) is 38.9 Å². The molecule has 1 aromatic heterocycles. The van der Waals surface area contributed by atoms with Crippen LogP contribution >= 0.6 is 11.6 Å². The number of carbonyl (C=O) groups is 1. The summed E-state index contributed by atoms with van der Waals surface area (Å²) in [6.45, 7) is 5.02. The van der Waals surface area contributed by atoms with Crippen LogP contribution < -0.4 is 5.43 Å². The fourth-order valence-corrected chi connectivity index (χ4v) is 3.94. The van der Waals surface area contributed by atoms with Gasteiger partial charge >= 0.3 is 0 Å². The fraction of sp³-hybridized carbons (Fsp3) is 0.304. The number of likely N-dealkylation sites (N-methyl/N-ethyl adjacent to an activating group) is 1. The Morgan fingerprint density at radius 1 is 1.10 bits per heavy atom. The van der Waals surface area contributed by atoms with Gasteiger partial charge in [-0.2, -0.15) is 0 Å². The maximum Gasteiger partial charge on any atom is 0.290 e. The first-order chi connectivity index (χ1) is 13.8. The quantitative estimate of drug-likeness (QED) is 0.647. The summed E-state index contributed by atoms with van der Waals surface area (Å²) in [5.74, 6) is -0.118. The average Bonchev–Trinajstić information content (AvgIpc) is 2.95. The number of hydrogen-bond acceptors (Lipinski definition) is 4. The second-order valence-electron chi connectivity index (χ2n) is 7.89. The molecule has 5 nitrogen and oxygen atoms in total. The SMILES string of the molecule is Cc1ccc(C2c3c(oc4cc(C)c(Cl)cc4c3=O)C(=O)N2CCN(C)C)cc1. The van der Waals surface area contributed by atoms with Crippen LogP contribution in [0.15, 0.2) is 45.6 Å². The highest BCUT2D eigenvalue weighted by Gasteiger charge is 2.42. The van der Waals surface area contributed by atoms with E-state index in [1.807, 2.05) is 57.1 Å². The highest BCUT2D eigenvalue weighted by Crippen LogP contribution is 2.38. The van der Waals surface area contributed by atoms with E-state index in [-0.39, 0.29) is 17.1 Å². The van der Waals surface area contributed by atoms with Gasteiger partial charge in [-0.25, -0.2) is 0 Å². The molecule has 4 rings (SSSR count). The van der Waals surface area contributed by atoms with E-state index in [2.05, 4.69) is 0 Å². The predicted molar refractivity (Wildman–Crippen MR) is 115 cm³/mol. The van der Waals surface area contributed by atoms with Gasteiger partial charge in [0.1, 0.15) is 5.58 Å². The lowest BCUT2D eigenvalue weighted by molar-refractivity contribution is 0.0716. The normalized spacial score (nSPS) is 16.1. The van der Waals surface area contributed by atoms with Crippen molar-refractivity contribution in [2.45, 2.75) is 19.9 Å². The Morgan fingerprint density at radius 2 is 1.79 bits per heavy atom. The number of amides is 1. The molecule has 0 N–H and O–H groups in total. The first-order valence-corrected chi connectivity index (χ1v) is 9.95. The number of hydrogen-bond donors (Lipinski definition) is 0. The maximum absolute atomic E-state index is 13.5. The third kappa shape index (κ3) is 3.34. The smallest absolute Gasteiger partial charge is 0.290 e. The number of halogens is 1. The standard InChI is InChI=1S/C23H23ClN2O3/c1-13-5-7-15(8-6-13)20-19-21(27)16-12-17(24)14(2)11-18(16)29-22(19)23(28)26(20)10-9-25(3)4/h5-8,11-12,20H,9-10H2,1-4H3. The van der Waals surface area contributed by atoms with E-state index in [0.717, 1.165) is 16.7 Å². The van der Waals surface area contributed by atoms with Crippen molar-refractivity contribution < 1.29 is 9.21 Å². The van der Waals surface area contributed by atoms with Crippen LogP contribution in [0.5, 0.6) is 0 Å². The van der Waals surface area contributed by atoms with Gasteiger partial charge in [0, 0.05) is 18.1 Å². The first-order valence-electron chi connectivity index (χ1n) is 9.57. The zero-order chi connectivity index (χ0) is 20.9. The van der Waals surface area contributed by atoms with Gasteiger partial charge in [0.05, 0.1) is 17.0 Å². The molecule has 29 heavy (non-hydrogen) atoms. The molecule has 0 radical (unpaired) electrons. The van der Waals surface area contributed by atoms with E-state index >= 15 is 0 Å². The zero-order valence-electron chi connectivity index (χ0n) is 17.0. The van der Waals surface area contributed by atoms with Crippen LogP contribution in [0.3, 0.4) is 0 Å². The molecular weight excluding hydrogens is 388 g/mol. The molecule has 3 aromatic rings. The summed E-state index contributed by atoms with van der Waals surface area (Å²) < 4.78 is 5.98. The van der Waals surface area contributed by atoms with Crippen molar-refractivity contribution in [2.24, 2.45) is 0 Å². The van der Waals surface area contributed by atoms with Crippen molar-refractivity contribution in [3.63, 3.8) is 0 Å². The van der Waals surface area contributed by atoms with Crippen molar-refractivity contribution in [1.29, 1.82) is 0 Å². The molecule has 0 spiro atoms. The monoisotopic (exact) mass is 410 g/mol. The molecule has 6 heteroatoms. The number of benzene rings is 2. The third-order valence-electron chi connectivity index (χ3n) is 5.43. The summed E-state index contributed by atoms with van der Waals surface area (Å²) in [6.07, 6.45) is 0. The lowest BCUT2D eigenvalue weighted by Gasteiger charge is -2.26. The minimum Gasteiger partial charge on any atom is -0.450 e. The van der Waals surface area contributed by atoms with Crippen LogP contribution in [0.25, 0.3) is 11.0 Å². The molecule has 2 aromatic carbocycles. The van der Waals surface area contributed by atoms with Crippen LogP contribution in [0.2, 0.25) is 5.02 Å². The molecule has 0 aliphatic carbocycles. The van der Waals surface area contributed by atoms with Gasteiger partial charge in [-0.05, 0) is 51.2 Å². The minimum absolute atomic E-state index is 0.133. The van der Waals surface area contributed by atoms with Crippen molar-refractivity contribution >= 4 is 28.5 Å². The Hall–Kier alpha value is -2.63. The molecule has 1 unspecified atom stereocenters. The Labute approximate surface area is 174 Å². The second-order valence-corrected chi connectivity index (χ2v) is 8.29. The Bertz CT molecular complexity index is 1170. The minimum atomic E-state index is -0.473. The zero-order valence-corrected chi connectivity index (χ0v) is 17.7. The number of aryl methyl sites for hydroxylation is 2. The summed E-state index contributed by atoms with van der Waals surface area (Å²) >= 11 is 6.26. The molecule has 1 aliphatic heterocycles. The predicted octanol–water partition coefficient (Wildman–Crippen LogP) is 4.17. The van der Waals surface area contributed by atoms with Crippen LogP contribution in [0.4, 0.5) is 0 Å². The molecule has 0 saturated heterocycles. The average molecular weight is 411 g/mol. The number of carbonyl (C=O) groups excluding carboxylic acids is 1. The van der Waals surface area contributed by atoms with E-state index < -0.39 is 6.04 Å². The summed E-state index contributed by atoms with van der Waals surface area (Å²) in [5.41, 5.74) is 3.39. The van der Waals surface area contributed by atoms with E-state index in [9.17, 15) is 9.59 Å². The summed E-state index contributed by atoms with van der Waals surface area (Å²) in [4.78, 5) is 30.5. The van der Waals surface area contributed by atoms with Crippen molar-refractivity contribution in [3.05, 3.63) is 79.7 Å².